The van der Waals surface area contributed by atoms with Crippen LogP contribution >= 0.6 is 0 Å². The Morgan fingerprint density at radius 2 is 1.46 bits per heavy atom. The van der Waals surface area contributed by atoms with Crippen LogP contribution in [0.3, 0.4) is 0 Å². The van der Waals surface area contributed by atoms with Crippen molar-refractivity contribution in [3.63, 3.8) is 0 Å². The first-order valence-corrected chi connectivity index (χ1v) is 8.11. The Morgan fingerprint density at radius 3 is 1.88 bits per heavy atom. The number of ether oxygens (including phenoxy) is 1. The lowest BCUT2D eigenvalue weighted by molar-refractivity contribution is -0.146. The van der Waals surface area contributed by atoms with Crippen molar-refractivity contribution in [2.24, 2.45) is 16.6 Å². The van der Waals surface area contributed by atoms with E-state index in [9.17, 15) is 26.3 Å². The van der Waals surface area contributed by atoms with Crippen molar-refractivity contribution in [1.29, 1.82) is 0 Å². The molecular weight excluding hydrogens is 362 g/mol. The molecule has 1 aliphatic carbocycles. The molecule has 2 N–H and O–H groups in total. The van der Waals surface area contributed by atoms with E-state index in [2.05, 4.69) is 4.98 Å². The predicted molar refractivity (Wildman–Crippen MR) is 83.4 cm³/mol. The highest BCUT2D eigenvalue weighted by atomic mass is 19.4. The topological polar surface area (TPSA) is 48.1 Å². The molecule has 1 aliphatic rings. The molecule has 0 radical (unpaired) electrons. The third-order valence-electron chi connectivity index (χ3n) is 4.65. The standard InChI is InChI=1S/C17H22F6N2O/c1-14(2)7-10(24)8-15(3,4)13(14)26-12-6-9(16(18,19)20)5-11(25-12)17(21,22)23/h5-6,10,13H,7-8,24H2,1-4H3. The maximum atomic E-state index is 13.0. The Hall–Kier alpha value is -1.51. The molecule has 1 aromatic heterocycles. The molecule has 0 aliphatic heterocycles. The summed E-state index contributed by atoms with van der Waals surface area (Å²) in [6.07, 6.45) is -9.54. The Morgan fingerprint density at radius 1 is 0.962 bits per heavy atom. The highest BCUT2D eigenvalue weighted by Gasteiger charge is 2.49. The monoisotopic (exact) mass is 384 g/mol. The average molecular weight is 384 g/mol. The van der Waals surface area contributed by atoms with Gasteiger partial charge in [0.25, 0.3) is 0 Å². The third kappa shape index (κ3) is 4.42. The molecule has 0 saturated heterocycles. The summed E-state index contributed by atoms with van der Waals surface area (Å²) in [5, 5.41) is 0. The maximum Gasteiger partial charge on any atom is 0.433 e. The molecule has 3 nitrogen and oxygen atoms in total. The van der Waals surface area contributed by atoms with E-state index < -0.39 is 46.4 Å². The molecule has 0 amide bonds. The number of hydrogen-bond donors (Lipinski definition) is 1. The lowest BCUT2D eigenvalue weighted by atomic mass is 9.61. The van der Waals surface area contributed by atoms with Gasteiger partial charge in [0.15, 0.2) is 0 Å². The van der Waals surface area contributed by atoms with Crippen molar-refractivity contribution in [3.05, 3.63) is 23.4 Å². The van der Waals surface area contributed by atoms with Crippen LogP contribution in [0.4, 0.5) is 26.3 Å². The number of nitrogens with two attached hydrogens (primary N) is 1. The van der Waals surface area contributed by atoms with E-state index >= 15 is 0 Å². The van der Waals surface area contributed by atoms with Gasteiger partial charge in [-0.2, -0.15) is 26.3 Å². The summed E-state index contributed by atoms with van der Waals surface area (Å²) < 4.78 is 83.6. The second-order valence-corrected chi connectivity index (χ2v) is 8.22. The van der Waals surface area contributed by atoms with E-state index in [1.807, 2.05) is 27.7 Å². The van der Waals surface area contributed by atoms with E-state index in [1.165, 1.54) is 0 Å². The van der Waals surface area contributed by atoms with Crippen molar-refractivity contribution >= 4 is 0 Å². The van der Waals surface area contributed by atoms with Gasteiger partial charge in [-0.05, 0) is 18.9 Å². The lowest BCUT2D eigenvalue weighted by Crippen LogP contribution is -2.54. The van der Waals surface area contributed by atoms with Crippen LogP contribution in [0.15, 0.2) is 12.1 Å². The molecular formula is C17H22F6N2O. The Kier molecular flexibility index (Phi) is 5.02. The molecule has 1 aromatic rings. The minimum Gasteiger partial charge on any atom is -0.473 e. The van der Waals surface area contributed by atoms with Crippen molar-refractivity contribution < 1.29 is 31.1 Å². The third-order valence-corrected chi connectivity index (χ3v) is 4.65. The number of aromatic nitrogens is 1. The van der Waals surface area contributed by atoms with Crippen LogP contribution in [-0.2, 0) is 12.4 Å². The van der Waals surface area contributed by atoms with Crippen LogP contribution in [0, 0.1) is 10.8 Å². The summed E-state index contributed by atoms with van der Waals surface area (Å²) in [6.45, 7) is 7.32. The number of halogens is 6. The minimum absolute atomic E-state index is 0.0140. The van der Waals surface area contributed by atoms with Gasteiger partial charge in [0.2, 0.25) is 5.88 Å². The predicted octanol–water partition coefficient (Wildman–Crippen LogP) is 5.04. The molecule has 148 valence electrons. The highest BCUT2D eigenvalue weighted by Crippen LogP contribution is 2.48. The van der Waals surface area contributed by atoms with Crippen LogP contribution < -0.4 is 10.5 Å². The molecule has 1 heterocycles. The van der Waals surface area contributed by atoms with Gasteiger partial charge >= 0.3 is 12.4 Å². The zero-order chi connectivity index (χ0) is 20.1. The van der Waals surface area contributed by atoms with Crippen LogP contribution in [-0.4, -0.2) is 17.1 Å². The van der Waals surface area contributed by atoms with Gasteiger partial charge < -0.3 is 10.5 Å². The fraction of sp³-hybridized carbons (Fsp3) is 0.706. The lowest BCUT2D eigenvalue weighted by Gasteiger charge is -2.50. The summed E-state index contributed by atoms with van der Waals surface area (Å²) in [5.74, 6) is -0.686. The molecule has 0 spiro atoms. The second-order valence-electron chi connectivity index (χ2n) is 8.22. The summed E-state index contributed by atoms with van der Waals surface area (Å²) >= 11 is 0. The largest absolute Gasteiger partial charge is 0.473 e. The van der Waals surface area contributed by atoms with Gasteiger partial charge in [0, 0.05) is 22.9 Å². The minimum atomic E-state index is -5.01. The fourth-order valence-corrected chi connectivity index (χ4v) is 4.01. The fourth-order valence-electron chi connectivity index (χ4n) is 4.01. The number of alkyl halides is 6. The average Bonchev–Trinajstić information content (AvgIpc) is 2.39. The van der Waals surface area contributed by atoms with Gasteiger partial charge in [0.05, 0.1) is 5.56 Å². The molecule has 0 aromatic carbocycles. The van der Waals surface area contributed by atoms with Gasteiger partial charge in [-0.15, -0.1) is 0 Å². The number of rotatable bonds is 2. The Balaban J connectivity index is 2.48. The van der Waals surface area contributed by atoms with Crippen molar-refractivity contribution in [3.8, 4) is 5.88 Å². The summed E-state index contributed by atoms with van der Waals surface area (Å²) in [6, 6.07) is 0.371. The number of nitrogens with zero attached hydrogens (tertiary/aromatic N) is 1. The van der Waals surface area contributed by atoms with E-state index in [1.54, 1.807) is 0 Å². The van der Waals surface area contributed by atoms with Crippen molar-refractivity contribution in [2.45, 2.75) is 65.0 Å². The number of pyridine rings is 1. The normalized spacial score (nSPS) is 25.8. The molecule has 1 fully saturated rings. The summed E-state index contributed by atoms with van der Waals surface area (Å²) in [7, 11) is 0. The summed E-state index contributed by atoms with van der Waals surface area (Å²) in [4.78, 5) is 3.28. The van der Waals surface area contributed by atoms with E-state index in [4.69, 9.17) is 10.5 Å². The van der Waals surface area contributed by atoms with E-state index in [0.717, 1.165) is 0 Å². The van der Waals surface area contributed by atoms with Crippen LogP contribution in [0.25, 0.3) is 0 Å². The highest BCUT2D eigenvalue weighted by molar-refractivity contribution is 5.29. The zero-order valence-corrected chi connectivity index (χ0v) is 14.9. The van der Waals surface area contributed by atoms with Crippen LogP contribution in [0.1, 0.15) is 51.8 Å². The smallest absolute Gasteiger partial charge is 0.433 e. The Labute approximate surface area is 147 Å². The quantitative estimate of drug-likeness (QED) is 0.727. The van der Waals surface area contributed by atoms with Gasteiger partial charge in [-0.1, -0.05) is 27.7 Å². The van der Waals surface area contributed by atoms with Crippen molar-refractivity contribution in [2.75, 3.05) is 0 Å². The summed E-state index contributed by atoms with van der Waals surface area (Å²) in [5.41, 5.74) is 1.86. The first-order valence-electron chi connectivity index (χ1n) is 8.11. The van der Waals surface area contributed by atoms with Crippen molar-refractivity contribution in [1.82, 2.24) is 4.98 Å². The second kappa shape index (κ2) is 6.28. The number of hydrogen-bond acceptors (Lipinski definition) is 3. The first kappa shape index (κ1) is 20.8. The molecule has 1 saturated carbocycles. The van der Waals surface area contributed by atoms with E-state index in [-0.39, 0.29) is 12.1 Å². The van der Waals surface area contributed by atoms with E-state index in [0.29, 0.717) is 18.9 Å². The van der Waals surface area contributed by atoms with Crippen LogP contribution in [0.2, 0.25) is 0 Å². The molecule has 26 heavy (non-hydrogen) atoms. The molecule has 9 heteroatoms. The Bertz CT molecular complexity index is 616. The SMILES string of the molecule is CC1(C)CC(N)CC(C)(C)C1Oc1cc(C(F)(F)F)cc(C(F)(F)F)n1. The molecule has 0 bridgehead atoms. The van der Waals surface area contributed by atoms with Gasteiger partial charge in [-0.25, -0.2) is 4.98 Å². The zero-order valence-electron chi connectivity index (χ0n) is 14.9. The van der Waals surface area contributed by atoms with Gasteiger partial charge in [-0.3, -0.25) is 0 Å². The molecule has 0 atom stereocenters. The maximum absolute atomic E-state index is 13.0. The molecule has 0 unspecified atom stereocenters. The van der Waals surface area contributed by atoms with Gasteiger partial charge in [0.1, 0.15) is 11.8 Å². The first-order chi connectivity index (χ1) is 11.5. The molecule has 2 rings (SSSR count). The van der Waals surface area contributed by atoms with Crippen LogP contribution in [0.5, 0.6) is 5.88 Å².